The maximum Gasteiger partial charge on any atom is 0.251 e. The first-order chi connectivity index (χ1) is 18.5. The van der Waals surface area contributed by atoms with Crippen LogP contribution in [0, 0.1) is 11.3 Å². The van der Waals surface area contributed by atoms with Crippen molar-refractivity contribution in [1.82, 2.24) is 15.5 Å². The number of methoxy groups -OCH3 is 1. The minimum atomic E-state index is -0.473. The van der Waals surface area contributed by atoms with Gasteiger partial charge in [0.2, 0.25) is 5.91 Å². The lowest BCUT2D eigenvalue weighted by Gasteiger charge is -2.45. The zero-order valence-corrected chi connectivity index (χ0v) is 23.8. The molecule has 1 fully saturated rings. The van der Waals surface area contributed by atoms with E-state index >= 15 is 0 Å². The van der Waals surface area contributed by atoms with Crippen LogP contribution in [0.4, 0.5) is 0 Å². The predicted octanol–water partition coefficient (Wildman–Crippen LogP) is 4.89. The molecule has 1 unspecified atom stereocenters. The van der Waals surface area contributed by atoms with Gasteiger partial charge in [-0.1, -0.05) is 45.0 Å². The molecule has 8 nitrogen and oxygen atoms in total. The third-order valence-electron chi connectivity index (χ3n) is 9.33. The molecule has 2 aromatic rings. The topological polar surface area (TPSA) is 104 Å². The van der Waals surface area contributed by atoms with Crippen LogP contribution in [-0.2, 0) is 16.0 Å². The molecule has 1 saturated heterocycles. The highest BCUT2D eigenvalue weighted by atomic mass is 16.5. The third kappa shape index (κ3) is 4.58. The van der Waals surface area contributed by atoms with E-state index in [9.17, 15) is 9.59 Å². The summed E-state index contributed by atoms with van der Waals surface area (Å²) < 4.78 is 12.1. The number of nitrogens with one attached hydrogen (secondary N) is 3. The van der Waals surface area contributed by atoms with Gasteiger partial charge in [0.15, 0.2) is 5.96 Å². The Hall–Kier alpha value is -3.39. The Kier molecular flexibility index (Phi) is 6.95. The monoisotopic (exact) mass is 532 g/mol. The van der Waals surface area contributed by atoms with Gasteiger partial charge in [-0.2, -0.15) is 0 Å². The molecule has 2 heterocycles. The van der Waals surface area contributed by atoms with E-state index in [1.165, 1.54) is 4.90 Å². The highest BCUT2D eigenvalue weighted by Crippen LogP contribution is 2.44. The first kappa shape index (κ1) is 27.2. The minimum absolute atomic E-state index is 0.0336. The number of nitrogens with zero attached hydrogens (tertiary/aromatic N) is 1. The van der Waals surface area contributed by atoms with Gasteiger partial charge in [0.25, 0.3) is 5.91 Å². The number of benzene rings is 2. The Morgan fingerprint density at radius 3 is 2.56 bits per heavy atom. The van der Waals surface area contributed by atoms with Crippen molar-refractivity contribution in [1.29, 1.82) is 5.41 Å². The van der Waals surface area contributed by atoms with Crippen molar-refractivity contribution in [2.45, 2.75) is 89.6 Å². The van der Waals surface area contributed by atoms with E-state index in [1.54, 1.807) is 7.11 Å². The lowest BCUT2D eigenvalue weighted by atomic mass is 9.79. The van der Waals surface area contributed by atoms with Gasteiger partial charge < -0.3 is 20.1 Å². The van der Waals surface area contributed by atoms with Crippen molar-refractivity contribution in [3.63, 3.8) is 0 Å². The minimum Gasteiger partial charge on any atom is -0.487 e. The van der Waals surface area contributed by atoms with Crippen LogP contribution in [0.2, 0.25) is 0 Å². The second-order valence-corrected chi connectivity index (χ2v) is 11.7. The first-order valence-electron chi connectivity index (χ1n) is 14.0. The summed E-state index contributed by atoms with van der Waals surface area (Å²) in [5, 5.41) is 15.4. The number of ether oxygens (including phenoxy) is 2. The fraction of sp³-hybridized carbons (Fsp3) is 0.516. The second kappa shape index (κ2) is 9.97. The molecule has 2 amide bonds. The molecule has 0 spiro atoms. The molecule has 4 atom stereocenters. The lowest BCUT2D eigenvalue weighted by molar-refractivity contribution is -0.135. The van der Waals surface area contributed by atoms with Crippen LogP contribution in [0.25, 0.3) is 0 Å². The summed E-state index contributed by atoms with van der Waals surface area (Å²) in [6.07, 6.45) is 2.15. The van der Waals surface area contributed by atoms with Crippen LogP contribution in [0.1, 0.15) is 93.0 Å². The van der Waals surface area contributed by atoms with Gasteiger partial charge in [-0.3, -0.25) is 19.9 Å². The number of para-hydroxylation sites is 1. The van der Waals surface area contributed by atoms with Crippen LogP contribution in [0.3, 0.4) is 0 Å². The fourth-order valence-corrected chi connectivity index (χ4v) is 6.37. The predicted molar refractivity (Wildman–Crippen MR) is 150 cm³/mol. The summed E-state index contributed by atoms with van der Waals surface area (Å²) in [4.78, 5) is 28.7. The highest BCUT2D eigenvalue weighted by molar-refractivity contribution is 6.00. The number of amides is 2. The standard InChI is InChI=1S/C31H40N4O4/c1-7-31(8-2)17-25(36)35(29(32)34-31)27-22-15-20(14-13-19(22)16-24(27)38-6)28(37)33-26-18(3)30(4,5)39-23-12-10-9-11-21(23)26/h9-15,18,24,26-27H,7-8,16-17H2,1-6H3,(H2,32,34)(H,33,37)/t18-,24?,26-,27-/m0/s1. The first-order valence-corrected chi connectivity index (χ1v) is 14.0. The van der Waals surface area contributed by atoms with Crippen molar-refractivity contribution >= 4 is 17.8 Å². The summed E-state index contributed by atoms with van der Waals surface area (Å²) >= 11 is 0. The molecule has 0 saturated carbocycles. The Morgan fingerprint density at radius 1 is 1.18 bits per heavy atom. The molecule has 0 bridgehead atoms. The molecule has 39 heavy (non-hydrogen) atoms. The van der Waals surface area contributed by atoms with E-state index in [-0.39, 0.29) is 35.8 Å². The van der Waals surface area contributed by atoms with Crippen LogP contribution in [0.5, 0.6) is 5.75 Å². The normalized spacial score (nSPS) is 26.8. The number of hydrogen-bond donors (Lipinski definition) is 3. The quantitative estimate of drug-likeness (QED) is 0.491. The highest BCUT2D eigenvalue weighted by Gasteiger charge is 2.47. The Balaban J connectivity index is 1.45. The average molecular weight is 533 g/mol. The summed E-state index contributed by atoms with van der Waals surface area (Å²) in [6.45, 7) is 10.3. The molecular formula is C31H40N4O4. The lowest BCUT2D eigenvalue weighted by Crippen LogP contribution is -2.63. The van der Waals surface area contributed by atoms with Crippen molar-refractivity contribution in [2.75, 3.05) is 7.11 Å². The van der Waals surface area contributed by atoms with E-state index in [0.29, 0.717) is 18.4 Å². The summed E-state index contributed by atoms with van der Waals surface area (Å²) in [5.74, 6) is 0.640. The fourth-order valence-electron chi connectivity index (χ4n) is 6.37. The largest absolute Gasteiger partial charge is 0.487 e. The van der Waals surface area contributed by atoms with Crippen molar-refractivity contribution in [2.24, 2.45) is 5.92 Å². The molecule has 1 aliphatic carbocycles. The van der Waals surface area contributed by atoms with Gasteiger partial charge in [0.05, 0.1) is 24.6 Å². The van der Waals surface area contributed by atoms with Gasteiger partial charge in [-0.15, -0.1) is 0 Å². The van der Waals surface area contributed by atoms with Crippen LogP contribution < -0.4 is 15.4 Å². The van der Waals surface area contributed by atoms with Gasteiger partial charge in [-0.05, 0) is 56.0 Å². The zero-order chi connectivity index (χ0) is 28.1. The second-order valence-electron chi connectivity index (χ2n) is 11.7. The molecule has 208 valence electrons. The molecule has 2 aromatic carbocycles. The van der Waals surface area contributed by atoms with E-state index < -0.39 is 17.2 Å². The van der Waals surface area contributed by atoms with Gasteiger partial charge in [0, 0.05) is 36.1 Å². The maximum absolute atomic E-state index is 13.7. The molecule has 8 heteroatoms. The van der Waals surface area contributed by atoms with Crippen molar-refractivity contribution in [3.05, 3.63) is 64.7 Å². The number of hydrogen-bond acceptors (Lipinski definition) is 5. The molecule has 0 aromatic heterocycles. The van der Waals surface area contributed by atoms with E-state index in [1.807, 2.05) is 70.2 Å². The number of rotatable bonds is 6. The van der Waals surface area contributed by atoms with E-state index in [0.717, 1.165) is 35.3 Å². The Bertz CT molecular complexity index is 1280. The molecule has 5 rings (SSSR count). The molecule has 0 radical (unpaired) electrons. The van der Waals surface area contributed by atoms with Gasteiger partial charge >= 0.3 is 0 Å². The maximum atomic E-state index is 13.7. The molecule has 3 aliphatic rings. The van der Waals surface area contributed by atoms with Crippen molar-refractivity contribution in [3.8, 4) is 5.75 Å². The van der Waals surface area contributed by atoms with Gasteiger partial charge in [0.1, 0.15) is 11.4 Å². The van der Waals surface area contributed by atoms with Gasteiger partial charge in [-0.25, -0.2) is 0 Å². The molecule has 2 aliphatic heterocycles. The van der Waals surface area contributed by atoms with E-state index in [4.69, 9.17) is 14.9 Å². The molecule has 3 N–H and O–H groups in total. The summed E-state index contributed by atoms with van der Waals surface area (Å²) in [6, 6.07) is 12.8. The molecular weight excluding hydrogens is 492 g/mol. The summed E-state index contributed by atoms with van der Waals surface area (Å²) in [5.41, 5.74) is 2.51. The Labute approximate surface area is 230 Å². The SMILES string of the molecule is CCC1(CC)CC(=O)N([C@H]2c3cc(C(=O)N[C@@H]4c5ccccc5OC(C)(C)[C@H]4C)ccc3CC2OC)C(=N)N1. The van der Waals surface area contributed by atoms with E-state index in [2.05, 4.69) is 17.6 Å². The number of fused-ring (bicyclic) bond motifs is 2. The average Bonchev–Trinajstić information content (AvgIpc) is 3.28. The number of guanidine groups is 1. The van der Waals surface area contributed by atoms with Crippen molar-refractivity contribution < 1.29 is 19.1 Å². The number of carbonyl (C=O) groups excluding carboxylic acids is 2. The third-order valence-corrected chi connectivity index (χ3v) is 9.33. The number of carbonyl (C=O) groups is 2. The van der Waals surface area contributed by atoms with Crippen LogP contribution in [-0.4, -0.2) is 47.0 Å². The summed E-state index contributed by atoms with van der Waals surface area (Å²) in [7, 11) is 1.64. The Morgan fingerprint density at radius 2 is 1.90 bits per heavy atom. The zero-order valence-electron chi connectivity index (χ0n) is 23.8. The smallest absolute Gasteiger partial charge is 0.251 e. The van der Waals surface area contributed by atoms with Crippen LogP contribution in [0.15, 0.2) is 42.5 Å². The van der Waals surface area contributed by atoms with Crippen LogP contribution >= 0.6 is 0 Å².